The molecule has 1 fully saturated rings. The average molecular weight is 285 g/mol. The van der Waals surface area contributed by atoms with Gasteiger partial charge >= 0.3 is 0 Å². The molecule has 16 heavy (non-hydrogen) atoms. The van der Waals surface area contributed by atoms with Crippen molar-refractivity contribution in [3.63, 3.8) is 0 Å². The van der Waals surface area contributed by atoms with E-state index in [1.807, 2.05) is 0 Å². The van der Waals surface area contributed by atoms with Crippen molar-refractivity contribution >= 4 is 27.7 Å². The molecule has 0 saturated carbocycles. The van der Waals surface area contributed by atoms with Gasteiger partial charge in [-0.3, -0.25) is 0 Å². The van der Waals surface area contributed by atoms with Crippen LogP contribution in [0.2, 0.25) is 0 Å². The maximum Gasteiger partial charge on any atom is 0.222 e. The Balaban J connectivity index is 2.26. The fraction of sp³-hybridized carbons (Fsp3) is 0.636. The molecule has 0 unspecified atom stereocenters. The predicted molar refractivity (Wildman–Crippen MR) is 69.4 cm³/mol. The number of hydrogen-bond acceptors (Lipinski definition) is 4. The standard InChI is InChI=1S/C11H17BrN4/c1-11(2)4-3-5-16(7-11)9-8(12)6-14-10(13)15-9/h6H,3-5,7H2,1-2H3,(H2,13,14,15). The van der Waals surface area contributed by atoms with Crippen LogP contribution in [0.3, 0.4) is 0 Å². The van der Waals surface area contributed by atoms with Gasteiger partial charge in [-0.2, -0.15) is 4.98 Å². The van der Waals surface area contributed by atoms with Crippen LogP contribution in [0.4, 0.5) is 11.8 Å². The fourth-order valence-electron chi connectivity index (χ4n) is 2.20. The van der Waals surface area contributed by atoms with E-state index in [4.69, 9.17) is 5.73 Å². The minimum Gasteiger partial charge on any atom is -0.368 e. The van der Waals surface area contributed by atoms with E-state index >= 15 is 0 Å². The van der Waals surface area contributed by atoms with Crippen molar-refractivity contribution in [2.24, 2.45) is 5.41 Å². The largest absolute Gasteiger partial charge is 0.368 e. The molecule has 1 aromatic rings. The minimum absolute atomic E-state index is 0.335. The molecule has 1 aliphatic rings. The smallest absolute Gasteiger partial charge is 0.222 e. The third kappa shape index (κ3) is 2.45. The molecule has 1 aliphatic heterocycles. The van der Waals surface area contributed by atoms with Crippen LogP contribution < -0.4 is 10.6 Å². The highest BCUT2D eigenvalue weighted by molar-refractivity contribution is 9.10. The van der Waals surface area contributed by atoms with Gasteiger partial charge in [0.25, 0.3) is 0 Å². The van der Waals surface area contributed by atoms with E-state index in [0.717, 1.165) is 23.4 Å². The molecule has 0 atom stereocenters. The number of nitrogens with two attached hydrogens (primary N) is 1. The molecule has 0 spiro atoms. The molecule has 1 aromatic heterocycles. The maximum atomic E-state index is 5.63. The van der Waals surface area contributed by atoms with Crippen molar-refractivity contribution in [2.75, 3.05) is 23.7 Å². The second-order valence-corrected chi connectivity index (χ2v) is 5.94. The van der Waals surface area contributed by atoms with Crippen LogP contribution in [-0.4, -0.2) is 23.1 Å². The number of halogens is 1. The van der Waals surface area contributed by atoms with Crippen molar-refractivity contribution in [1.29, 1.82) is 0 Å². The van der Waals surface area contributed by atoms with Gasteiger partial charge in [0, 0.05) is 19.3 Å². The Morgan fingerprint density at radius 1 is 1.50 bits per heavy atom. The third-order valence-corrected chi connectivity index (χ3v) is 3.50. The van der Waals surface area contributed by atoms with Crippen LogP contribution in [-0.2, 0) is 0 Å². The second-order valence-electron chi connectivity index (χ2n) is 5.09. The van der Waals surface area contributed by atoms with Crippen molar-refractivity contribution in [1.82, 2.24) is 9.97 Å². The first-order chi connectivity index (χ1) is 7.48. The Hall–Kier alpha value is -0.840. The van der Waals surface area contributed by atoms with Crippen molar-refractivity contribution in [3.05, 3.63) is 10.7 Å². The van der Waals surface area contributed by atoms with Crippen molar-refractivity contribution < 1.29 is 0 Å². The Morgan fingerprint density at radius 3 is 2.94 bits per heavy atom. The zero-order valence-electron chi connectivity index (χ0n) is 9.70. The van der Waals surface area contributed by atoms with Gasteiger partial charge in [-0.15, -0.1) is 0 Å². The minimum atomic E-state index is 0.335. The number of nitrogen functional groups attached to an aromatic ring is 1. The molecule has 0 amide bonds. The average Bonchev–Trinajstić information content (AvgIpc) is 2.20. The molecular weight excluding hydrogens is 268 g/mol. The summed E-state index contributed by atoms with van der Waals surface area (Å²) in [7, 11) is 0. The number of piperidine rings is 1. The lowest BCUT2D eigenvalue weighted by Gasteiger charge is -2.39. The van der Waals surface area contributed by atoms with Crippen LogP contribution in [0.15, 0.2) is 10.7 Å². The van der Waals surface area contributed by atoms with E-state index < -0.39 is 0 Å². The Bertz CT molecular complexity index is 392. The Kier molecular flexibility index (Phi) is 3.06. The summed E-state index contributed by atoms with van der Waals surface area (Å²) in [6.45, 7) is 6.63. The van der Waals surface area contributed by atoms with Crippen LogP contribution in [0, 0.1) is 5.41 Å². The van der Waals surface area contributed by atoms with E-state index in [1.54, 1.807) is 6.20 Å². The zero-order chi connectivity index (χ0) is 11.8. The SMILES string of the molecule is CC1(C)CCCN(c2nc(N)ncc2Br)C1. The highest BCUT2D eigenvalue weighted by Crippen LogP contribution is 2.33. The molecule has 88 valence electrons. The van der Waals surface area contributed by atoms with Crippen LogP contribution in [0.25, 0.3) is 0 Å². The molecule has 0 aliphatic carbocycles. The first-order valence-corrected chi connectivity index (χ1v) is 6.30. The highest BCUT2D eigenvalue weighted by Gasteiger charge is 2.28. The first-order valence-electron chi connectivity index (χ1n) is 5.51. The normalized spacial score (nSPS) is 19.8. The monoisotopic (exact) mass is 284 g/mol. The van der Waals surface area contributed by atoms with E-state index in [0.29, 0.717) is 11.4 Å². The molecule has 1 saturated heterocycles. The van der Waals surface area contributed by atoms with Gasteiger partial charge < -0.3 is 10.6 Å². The van der Waals surface area contributed by atoms with Gasteiger partial charge in [-0.25, -0.2) is 4.98 Å². The van der Waals surface area contributed by atoms with Crippen LogP contribution in [0.1, 0.15) is 26.7 Å². The van der Waals surface area contributed by atoms with Gasteiger partial charge in [0.05, 0.1) is 4.47 Å². The summed E-state index contributed by atoms with van der Waals surface area (Å²) in [5.41, 5.74) is 5.98. The summed E-state index contributed by atoms with van der Waals surface area (Å²) in [5.74, 6) is 1.25. The number of nitrogens with zero attached hydrogens (tertiary/aromatic N) is 3. The molecule has 2 heterocycles. The van der Waals surface area contributed by atoms with Gasteiger partial charge in [0.15, 0.2) is 0 Å². The zero-order valence-corrected chi connectivity index (χ0v) is 11.3. The van der Waals surface area contributed by atoms with E-state index in [9.17, 15) is 0 Å². The van der Waals surface area contributed by atoms with Crippen LogP contribution >= 0.6 is 15.9 Å². The van der Waals surface area contributed by atoms with E-state index in [2.05, 4.69) is 44.6 Å². The van der Waals surface area contributed by atoms with E-state index in [-0.39, 0.29) is 0 Å². The summed E-state index contributed by atoms with van der Waals surface area (Å²) >= 11 is 3.48. The number of rotatable bonds is 1. The van der Waals surface area contributed by atoms with Gasteiger partial charge in [0.2, 0.25) is 5.95 Å². The number of hydrogen-bond donors (Lipinski definition) is 1. The summed E-state index contributed by atoms with van der Waals surface area (Å²) in [6, 6.07) is 0. The fourth-order valence-corrected chi connectivity index (χ4v) is 2.64. The lowest BCUT2D eigenvalue weighted by atomic mass is 9.84. The Labute approximate surface area is 104 Å². The van der Waals surface area contributed by atoms with Crippen molar-refractivity contribution in [3.8, 4) is 0 Å². The topological polar surface area (TPSA) is 55.0 Å². The third-order valence-electron chi connectivity index (χ3n) is 2.94. The number of anilines is 2. The molecule has 2 N–H and O–H groups in total. The molecule has 0 bridgehead atoms. The molecule has 2 rings (SSSR count). The molecule has 0 aromatic carbocycles. The molecule has 5 heteroatoms. The van der Waals surface area contributed by atoms with Gasteiger partial charge in [-0.05, 0) is 34.2 Å². The number of aromatic nitrogens is 2. The predicted octanol–water partition coefficient (Wildman–Crippen LogP) is 2.45. The molecule has 4 nitrogen and oxygen atoms in total. The summed E-state index contributed by atoms with van der Waals surface area (Å²) in [5, 5.41) is 0. The quantitative estimate of drug-likeness (QED) is 0.861. The summed E-state index contributed by atoms with van der Waals surface area (Å²) in [4.78, 5) is 10.6. The summed E-state index contributed by atoms with van der Waals surface area (Å²) < 4.78 is 0.916. The Morgan fingerprint density at radius 2 is 2.25 bits per heavy atom. The van der Waals surface area contributed by atoms with Gasteiger partial charge in [0.1, 0.15) is 5.82 Å². The molecular formula is C11H17BrN4. The lowest BCUT2D eigenvalue weighted by molar-refractivity contribution is 0.292. The maximum absolute atomic E-state index is 5.63. The van der Waals surface area contributed by atoms with E-state index in [1.165, 1.54) is 12.8 Å². The van der Waals surface area contributed by atoms with Gasteiger partial charge in [-0.1, -0.05) is 13.8 Å². The second kappa shape index (κ2) is 4.20. The van der Waals surface area contributed by atoms with Crippen molar-refractivity contribution in [2.45, 2.75) is 26.7 Å². The molecule has 0 radical (unpaired) electrons. The van der Waals surface area contributed by atoms with Crippen LogP contribution in [0.5, 0.6) is 0 Å². The first kappa shape index (κ1) is 11.6. The highest BCUT2D eigenvalue weighted by atomic mass is 79.9. The summed E-state index contributed by atoms with van der Waals surface area (Å²) in [6.07, 6.45) is 4.18. The lowest BCUT2D eigenvalue weighted by Crippen LogP contribution is -2.40.